The van der Waals surface area contributed by atoms with Crippen molar-refractivity contribution in [1.29, 1.82) is 0 Å². The van der Waals surface area contributed by atoms with Crippen LogP contribution in [0.5, 0.6) is 0 Å². The largest absolute Gasteiger partial charge is 1.00 e. The molecule has 0 bridgehead atoms. The van der Waals surface area contributed by atoms with Gasteiger partial charge in [-0.15, -0.1) is 0 Å². The van der Waals surface area contributed by atoms with Crippen LogP contribution in [0.2, 0.25) is 0 Å². The van der Waals surface area contributed by atoms with Crippen molar-refractivity contribution in [3.05, 3.63) is 0 Å². The van der Waals surface area contributed by atoms with Gasteiger partial charge in [0.05, 0.1) is 28.4 Å². The second kappa shape index (κ2) is 10.5. The van der Waals surface area contributed by atoms with Gasteiger partial charge in [0.2, 0.25) is 0 Å². The van der Waals surface area contributed by atoms with Gasteiger partial charge >= 0.3 is 29.6 Å². The predicted molar refractivity (Wildman–Crippen MR) is 126 cm³/mol. The summed E-state index contributed by atoms with van der Waals surface area (Å²) >= 11 is 0. The van der Waals surface area contributed by atoms with E-state index in [1.807, 2.05) is 0 Å². The zero-order chi connectivity index (χ0) is 24.3. The van der Waals surface area contributed by atoms with Crippen LogP contribution in [0.15, 0.2) is 0 Å². The van der Waals surface area contributed by atoms with E-state index in [4.69, 9.17) is 0 Å². The normalized spacial score (nSPS) is 49.4. The summed E-state index contributed by atoms with van der Waals surface area (Å²) in [4.78, 5) is 0. The van der Waals surface area contributed by atoms with Crippen LogP contribution >= 0.6 is 0 Å². The van der Waals surface area contributed by atoms with Gasteiger partial charge in [-0.05, 0) is 104 Å². The van der Waals surface area contributed by atoms with Gasteiger partial charge in [-0.25, -0.2) is 8.42 Å². The Bertz CT molecular complexity index is 822. The average Bonchev–Trinajstić information content (AvgIpc) is 3.08. The molecule has 0 aromatic heterocycles. The molecule has 0 spiro atoms. The van der Waals surface area contributed by atoms with Gasteiger partial charge in [0.15, 0.2) is 0 Å². The topological polar surface area (TPSA) is 118 Å². The summed E-state index contributed by atoms with van der Waals surface area (Å²) in [5.74, 6) is 1.33. The van der Waals surface area contributed by atoms with E-state index in [2.05, 4.69) is 27.7 Å². The molecule has 4 aliphatic rings. The Hall–Kier alpha value is 0.790. The molecule has 4 aliphatic carbocycles. The number of fused-ring (bicyclic) bond motifs is 5. The van der Waals surface area contributed by atoms with Crippen LogP contribution in [-0.2, 0) is 10.1 Å². The van der Waals surface area contributed by atoms with E-state index in [9.17, 15) is 28.3 Å². The van der Waals surface area contributed by atoms with Crippen molar-refractivity contribution in [1.82, 2.24) is 0 Å². The molecule has 0 aliphatic heterocycles. The molecule has 0 radical (unpaired) electrons. The first-order chi connectivity index (χ1) is 15.3. The third-order valence-corrected chi connectivity index (χ3v) is 12.1. The van der Waals surface area contributed by atoms with E-state index < -0.39 is 22.3 Å². The minimum Gasteiger partial charge on any atom is -0.748 e. The first-order valence-electron chi connectivity index (χ1n) is 13.3. The van der Waals surface area contributed by atoms with Crippen LogP contribution in [0.25, 0.3) is 0 Å². The van der Waals surface area contributed by atoms with Crippen molar-refractivity contribution in [2.24, 2.45) is 52.3 Å². The predicted octanol–water partition coefficient (Wildman–Crippen LogP) is 0.549. The van der Waals surface area contributed by atoms with E-state index in [0.29, 0.717) is 25.2 Å². The molecule has 4 fully saturated rings. The van der Waals surface area contributed by atoms with E-state index in [0.717, 1.165) is 38.5 Å². The summed E-state index contributed by atoms with van der Waals surface area (Å²) < 4.78 is 33.2. The third-order valence-electron chi connectivity index (χ3n) is 11.3. The number of hydrogen-bond acceptors (Lipinski definition) is 6. The molecular weight excluding hydrogens is 463 g/mol. The third kappa shape index (κ3) is 4.83. The molecule has 0 unspecified atom stereocenters. The monoisotopic (exact) mass is 508 g/mol. The quantitative estimate of drug-likeness (QED) is 0.356. The minimum absolute atomic E-state index is 0. The Morgan fingerprint density at radius 3 is 2.32 bits per heavy atom. The second-order valence-electron chi connectivity index (χ2n) is 12.6. The fourth-order valence-electron chi connectivity index (χ4n) is 9.67. The fraction of sp³-hybridized carbons (Fsp3) is 1.00. The Balaban J connectivity index is 0.00000324. The van der Waals surface area contributed by atoms with Crippen molar-refractivity contribution in [2.45, 2.75) is 104 Å². The van der Waals surface area contributed by atoms with Crippen LogP contribution in [0, 0.1) is 52.3 Å². The smallest absolute Gasteiger partial charge is 0.748 e. The molecule has 8 heteroatoms. The van der Waals surface area contributed by atoms with Crippen LogP contribution in [0.1, 0.15) is 85.5 Å². The van der Waals surface area contributed by atoms with E-state index >= 15 is 0 Å². The van der Waals surface area contributed by atoms with Gasteiger partial charge in [0, 0.05) is 5.75 Å². The first kappa shape index (κ1) is 29.3. The van der Waals surface area contributed by atoms with Crippen LogP contribution in [0.3, 0.4) is 0 Å². The summed E-state index contributed by atoms with van der Waals surface area (Å²) in [6.07, 6.45) is 6.02. The van der Waals surface area contributed by atoms with E-state index in [1.165, 1.54) is 0 Å². The van der Waals surface area contributed by atoms with Crippen LogP contribution in [0.4, 0.5) is 0 Å². The summed E-state index contributed by atoms with van der Waals surface area (Å²) in [5.41, 5.74) is -0.258. The van der Waals surface area contributed by atoms with E-state index in [1.54, 1.807) is 0 Å². The Kier molecular flexibility index (Phi) is 9.07. The maximum absolute atomic E-state index is 11.7. The summed E-state index contributed by atoms with van der Waals surface area (Å²) in [6.45, 7) is 8.88. The zero-order valence-corrected chi connectivity index (χ0v) is 24.6. The van der Waals surface area contributed by atoms with Gasteiger partial charge in [-0.1, -0.05) is 34.1 Å². The molecule has 0 aromatic carbocycles. The number of aliphatic hydroxyl groups is 3. The standard InChI is InChI=1S/C26H46O6S.Na/c1-5-17-20-13-16(27)10-11-25(20,3)21-14-22(28)26(4)18(8-9-19(26)23(21)24(17)29)15(2)7-6-12-33(30,31)32;/h15-24,27-29H,5-14H2,1-4H3,(H,30,31,32);/q;+1/p-1/t15-,16-,17-,18-,19+,20+,21+,22+,23+,24-,25+,26-;/m1./s1. The maximum atomic E-state index is 11.7. The maximum Gasteiger partial charge on any atom is 1.00 e. The van der Waals surface area contributed by atoms with Gasteiger partial charge in [-0.3, -0.25) is 0 Å². The Morgan fingerprint density at radius 1 is 1.03 bits per heavy atom. The molecule has 34 heavy (non-hydrogen) atoms. The van der Waals surface area contributed by atoms with Crippen molar-refractivity contribution in [3.8, 4) is 0 Å². The molecular formula is C26H45NaO6S. The first-order valence-corrected chi connectivity index (χ1v) is 14.9. The summed E-state index contributed by atoms with van der Waals surface area (Å²) in [7, 11) is -4.20. The molecule has 192 valence electrons. The minimum atomic E-state index is -4.20. The number of hydrogen-bond donors (Lipinski definition) is 3. The Labute approximate surface area is 228 Å². The SMILES string of the molecule is CC[C@H]1[C@@H](O)[C@@H]2[C@H](C[C@H](O)[C@]3(C)[C@@H]([C@H](C)CCCS(=O)(=O)[O-])CC[C@@H]23)[C@@]2(C)CC[C@@H](O)C[C@@H]12.[Na+]. The number of rotatable bonds is 6. The molecule has 0 saturated heterocycles. The summed E-state index contributed by atoms with van der Waals surface area (Å²) in [5, 5.41) is 33.8. The number of aliphatic hydroxyl groups excluding tert-OH is 3. The molecule has 6 nitrogen and oxygen atoms in total. The Morgan fingerprint density at radius 2 is 1.71 bits per heavy atom. The van der Waals surface area contributed by atoms with Crippen molar-refractivity contribution in [2.75, 3.05) is 5.75 Å². The molecule has 0 heterocycles. The van der Waals surface area contributed by atoms with Crippen LogP contribution in [-0.4, -0.2) is 52.4 Å². The van der Waals surface area contributed by atoms with E-state index in [-0.39, 0.29) is 87.8 Å². The molecule has 3 N–H and O–H groups in total. The molecule has 12 atom stereocenters. The van der Waals surface area contributed by atoms with Gasteiger partial charge in [0.25, 0.3) is 0 Å². The van der Waals surface area contributed by atoms with Crippen molar-refractivity contribution < 1.29 is 57.8 Å². The van der Waals surface area contributed by atoms with Gasteiger partial charge in [-0.2, -0.15) is 0 Å². The average molecular weight is 509 g/mol. The van der Waals surface area contributed by atoms with Gasteiger partial charge in [0.1, 0.15) is 0 Å². The molecule has 0 aromatic rings. The van der Waals surface area contributed by atoms with Crippen molar-refractivity contribution in [3.63, 3.8) is 0 Å². The summed E-state index contributed by atoms with van der Waals surface area (Å²) in [6, 6.07) is 0. The van der Waals surface area contributed by atoms with Crippen molar-refractivity contribution >= 4 is 10.1 Å². The molecule has 4 saturated carbocycles. The molecule has 4 rings (SSSR count). The van der Waals surface area contributed by atoms with Gasteiger partial charge < -0.3 is 19.9 Å². The fourth-order valence-corrected chi connectivity index (χ4v) is 10.2. The second-order valence-corrected chi connectivity index (χ2v) is 14.1. The van der Waals surface area contributed by atoms with Crippen LogP contribution < -0.4 is 29.6 Å². The zero-order valence-electron chi connectivity index (χ0n) is 21.8. The molecule has 0 amide bonds.